The first-order valence-electron chi connectivity index (χ1n) is 11.3. The Kier molecular flexibility index (Phi) is 7.28. The molecule has 0 amide bonds. The lowest BCUT2D eigenvalue weighted by Gasteiger charge is -2.32. The first-order chi connectivity index (χ1) is 15.8. The Hall–Kier alpha value is -2.53. The zero-order valence-corrected chi connectivity index (χ0v) is 19.8. The average molecular weight is 474 g/mol. The van der Waals surface area contributed by atoms with Crippen LogP contribution in [0.25, 0.3) is 0 Å². The predicted octanol–water partition coefficient (Wildman–Crippen LogP) is 2.74. The van der Waals surface area contributed by atoms with Crippen LogP contribution in [0.1, 0.15) is 24.0 Å². The van der Waals surface area contributed by atoms with Crippen molar-refractivity contribution in [2.75, 3.05) is 51.6 Å². The molecule has 1 N–H and O–H groups in total. The van der Waals surface area contributed by atoms with Crippen molar-refractivity contribution in [3.63, 3.8) is 0 Å². The second-order valence-electron chi connectivity index (χ2n) is 8.80. The van der Waals surface area contributed by atoms with Crippen LogP contribution in [-0.2, 0) is 23.1 Å². The van der Waals surface area contributed by atoms with Crippen LogP contribution in [0.5, 0.6) is 0 Å². The summed E-state index contributed by atoms with van der Waals surface area (Å²) in [6.07, 6.45) is 1.63. The number of sulfonamides is 1. The summed E-state index contributed by atoms with van der Waals surface area (Å²) in [4.78, 5) is 15.8. The molecular formula is C23H31N5O4S. The number of benzene rings is 2. The zero-order chi connectivity index (χ0) is 23.4. The number of anilines is 1. The second-order valence-corrected chi connectivity index (χ2v) is 10.7. The van der Waals surface area contributed by atoms with Crippen LogP contribution in [0.3, 0.4) is 0 Å². The number of rotatable bonds is 8. The quantitative estimate of drug-likeness (QED) is 0.465. The number of likely N-dealkylation sites (N-methyl/N-ethyl adjacent to an activating group) is 1. The monoisotopic (exact) mass is 473 g/mol. The molecule has 2 aliphatic heterocycles. The summed E-state index contributed by atoms with van der Waals surface area (Å²) in [5.41, 5.74) is 2.31. The lowest BCUT2D eigenvalue weighted by molar-refractivity contribution is -0.384. The summed E-state index contributed by atoms with van der Waals surface area (Å²) in [6, 6.07) is 12.3. The number of nitrogens with zero attached hydrogens (tertiary/aromatic N) is 4. The summed E-state index contributed by atoms with van der Waals surface area (Å²) in [6.45, 7) is 6.54. The second kappa shape index (κ2) is 10.2. The van der Waals surface area contributed by atoms with Gasteiger partial charge in [-0.1, -0.05) is 24.3 Å². The van der Waals surface area contributed by atoms with E-state index in [9.17, 15) is 18.5 Å². The smallest absolute Gasteiger partial charge is 0.293 e. The van der Waals surface area contributed by atoms with E-state index in [4.69, 9.17) is 0 Å². The fraction of sp³-hybridized carbons (Fsp3) is 0.478. The Bertz CT molecular complexity index is 1080. The van der Waals surface area contributed by atoms with Crippen LogP contribution >= 0.6 is 0 Å². The zero-order valence-electron chi connectivity index (χ0n) is 18.9. The van der Waals surface area contributed by atoms with Gasteiger partial charge >= 0.3 is 0 Å². The molecule has 178 valence electrons. The van der Waals surface area contributed by atoms with Crippen molar-refractivity contribution in [3.8, 4) is 0 Å². The van der Waals surface area contributed by atoms with E-state index in [1.807, 2.05) is 12.1 Å². The van der Waals surface area contributed by atoms with Gasteiger partial charge in [-0.2, -0.15) is 4.31 Å². The van der Waals surface area contributed by atoms with E-state index < -0.39 is 14.9 Å². The van der Waals surface area contributed by atoms with E-state index in [1.165, 1.54) is 22.0 Å². The molecule has 2 aromatic rings. The summed E-state index contributed by atoms with van der Waals surface area (Å²) in [5.74, 6) is 0. The van der Waals surface area contributed by atoms with Crippen molar-refractivity contribution in [1.29, 1.82) is 0 Å². The van der Waals surface area contributed by atoms with Crippen molar-refractivity contribution in [1.82, 2.24) is 14.1 Å². The van der Waals surface area contributed by atoms with E-state index >= 15 is 0 Å². The highest BCUT2D eigenvalue weighted by molar-refractivity contribution is 7.89. The number of hydrogen-bond acceptors (Lipinski definition) is 7. The van der Waals surface area contributed by atoms with Gasteiger partial charge in [0.2, 0.25) is 10.0 Å². The van der Waals surface area contributed by atoms with Gasteiger partial charge in [-0.25, -0.2) is 8.42 Å². The van der Waals surface area contributed by atoms with Gasteiger partial charge in [0.15, 0.2) is 0 Å². The highest BCUT2D eigenvalue weighted by Gasteiger charge is 2.29. The molecule has 0 atom stereocenters. The van der Waals surface area contributed by atoms with Crippen LogP contribution in [-0.4, -0.2) is 73.8 Å². The van der Waals surface area contributed by atoms with Gasteiger partial charge in [-0.3, -0.25) is 15.0 Å². The fourth-order valence-electron chi connectivity index (χ4n) is 4.27. The normalized spacial score (nSPS) is 18.5. The molecule has 0 aliphatic carbocycles. The maximum absolute atomic E-state index is 12.8. The molecule has 0 bridgehead atoms. The number of nitro benzene ring substituents is 1. The molecule has 0 unspecified atom stereocenters. The van der Waals surface area contributed by atoms with Crippen molar-refractivity contribution in [3.05, 3.63) is 63.7 Å². The molecule has 2 fully saturated rings. The molecule has 9 nitrogen and oxygen atoms in total. The Balaban J connectivity index is 1.41. The fourth-order valence-corrected chi connectivity index (χ4v) is 5.81. The van der Waals surface area contributed by atoms with E-state index in [0.29, 0.717) is 25.3 Å². The molecule has 0 radical (unpaired) electrons. The molecule has 2 heterocycles. The van der Waals surface area contributed by atoms with Gasteiger partial charge in [0.1, 0.15) is 5.69 Å². The standard InChI is InChI=1S/C23H31N5O4S/c1-25-12-14-26(15-13-25)18-20-6-4-19(5-7-20)17-24-22-9-8-21(16-23(22)28(29)30)33(31,32)27-10-2-3-11-27/h4-9,16,24H,2-3,10-15,17-18H2,1H3. The molecule has 2 aliphatic rings. The summed E-state index contributed by atoms with van der Waals surface area (Å²) < 4.78 is 26.9. The Labute approximate surface area is 195 Å². The van der Waals surface area contributed by atoms with Crippen molar-refractivity contribution in [2.24, 2.45) is 0 Å². The predicted molar refractivity (Wildman–Crippen MR) is 128 cm³/mol. The van der Waals surface area contributed by atoms with Crippen molar-refractivity contribution >= 4 is 21.4 Å². The average Bonchev–Trinajstić information content (AvgIpc) is 3.36. The SMILES string of the molecule is CN1CCN(Cc2ccc(CNc3ccc(S(=O)(=O)N4CCCC4)cc3[N+](=O)[O-])cc2)CC1. The lowest BCUT2D eigenvalue weighted by Crippen LogP contribution is -2.43. The first kappa shape index (κ1) is 23.6. The van der Waals surface area contributed by atoms with Gasteiger partial charge in [0, 0.05) is 58.4 Å². The molecule has 4 rings (SSSR count). The van der Waals surface area contributed by atoms with Crippen LogP contribution in [0, 0.1) is 10.1 Å². The van der Waals surface area contributed by atoms with Crippen molar-refractivity contribution < 1.29 is 13.3 Å². The Morgan fingerprint density at radius 1 is 0.939 bits per heavy atom. The van der Waals surface area contributed by atoms with Crippen LogP contribution < -0.4 is 5.32 Å². The molecule has 2 aromatic carbocycles. The first-order valence-corrected chi connectivity index (χ1v) is 12.8. The third-order valence-corrected chi connectivity index (χ3v) is 8.27. The number of hydrogen-bond donors (Lipinski definition) is 1. The third kappa shape index (κ3) is 5.70. The molecule has 0 aromatic heterocycles. The third-order valence-electron chi connectivity index (χ3n) is 6.38. The molecule has 2 saturated heterocycles. The highest BCUT2D eigenvalue weighted by atomic mass is 32.2. The van der Waals surface area contributed by atoms with Crippen LogP contribution in [0.2, 0.25) is 0 Å². The minimum Gasteiger partial charge on any atom is -0.375 e. The van der Waals surface area contributed by atoms with Gasteiger partial charge < -0.3 is 10.2 Å². The minimum absolute atomic E-state index is 0.0325. The van der Waals surface area contributed by atoms with E-state index in [1.54, 1.807) is 0 Å². The Morgan fingerprint density at radius 3 is 2.21 bits per heavy atom. The van der Waals surface area contributed by atoms with E-state index in [0.717, 1.165) is 57.2 Å². The summed E-state index contributed by atoms with van der Waals surface area (Å²) in [5, 5.41) is 14.7. The van der Waals surface area contributed by atoms with Crippen molar-refractivity contribution in [2.45, 2.75) is 30.8 Å². The van der Waals surface area contributed by atoms with Gasteiger partial charge in [0.25, 0.3) is 5.69 Å². The molecular weight excluding hydrogens is 442 g/mol. The maximum Gasteiger partial charge on any atom is 0.293 e. The van der Waals surface area contributed by atoms with Crippen LogP contribution in [0.4, 0.5) is 11.4 Å². The van der Waals surface area contributed by atoms with E-state index in [-0.39, 0.29) is 10.6 Å². The largest absolute Gasteiger partial charge is 0.375 e. The van der Waals surface area contributed by atoms with Gasteiger partial charge in [0.05, 0.1) is 9.82 Å². The molecule has 10 heteroatoms. The Morgan fingerprint density at radius 2 is 1.58 bits per heavy atom. The number of piperazine rings is 1. The lowest BCUT2D eigenvalue weighted by atomic mass is 10.1. The maximum atomic E-state index is 12.8. The highest BCUT2D eigenvalue weighted by Crippen LogP contribution is 2.30. The number of nitrogens with one attached hydrogen (secondary N) is 1. The van der Waals surface area contributed by atoms with Gasteiger partial charge in [-0.15, -0.1) is 0 Å². The summed E-state index contributed by atoms with van der Waals surface area (Å²) in [7, 11) is -1.56. The topological polar surface area (TPSA) is 99.0 Å². The van der Waals surface area contributed by atoms with E-state index in [2.05, 4.69) is 34.3 Å². The number of nitro groups is 1. The molecule has 0 saturated carbocycles. The minimum atomic E-state index is -3.70. The van der Waals surface area contributed by atoms with Gasteiger partial charge in [-0.05, 0) is 43.1 Å². The molecule has 0 spiro atoms. The van der Waals surface area contributed by atoms with Crippen LogP contribution in [0.15, 0.2) is 47.4 Å². The molecule has 33 heavy (non-hydrogen) atoms. The summed E-state index contributed by atoms with van der Waals surface area (Å²) >= 11 is 0.